The van der Waals surface area contributed by atoms with E-state index in [-0.39, 0.29) is 0 Å². The van der Waals surface area contributed by atoms with Crippen LogP contribution in [0.15, 0.2) is 18.2 Å². The van der Waals surface area contributed by atoms with E-state index in [1.54, 1.807) is 13.2 Å². The molecule has 0 aromatic carbocycles. The van der Waals surface area contributed by atoms with E-state index in [1.165, 1.54) is 0 Å². The number of nitrogens with zero attached hydrogens (tertiary/aromatic N) is 2. The fourth-order valence-corrected chi connectivity index (χ4v) is 1.88. The van der Waals surface area contributed by atoms with Gasteiger partial charge < -0.3 is 14.6 Å². The Hall–Kier alpha value is -1.66. The number of aromatic nitrogens is 1. The van der Waals surface area contributed by atoms with Gasteiger partial charge in [-0.05, 0) is 6.07 Å². The van der Waals surface area contributed by atoms with Crippen LogP contribution < -0.4 is 4.74 Å². The summed E-state index contributed by atoms with van der Waals surface area (Å²) in [6, 6.07) is 5.55. The van der Waals surface area contributed by atoms with E-state index in [4.69, 9.17) is 14.6 Å². The van der Waals surface area contributed by atoms with Crippen LogP contribution in [0.4, 0.5) is 0 Å². The van der Waals surface area contributed by atoms with Crippen LogP contribution in [0, 0.1) is 0 Å². The van der Waals surface area contributed by atoms with Crippen LogP contribution in [0.25, 0.3) is 0 Å². The van der Waals surface area contributed by atoms with Gasteiger partial charge in [0.15, 0.2) is 6.10 Å². The molecule has 0 aliphatic carbocycles. The summed E-state index contributed by atoms with van der Waals surface area (Å²) >= 11 is 0. The lowest BCUT2D eigenvalue weighted by atomic mass is 10.2. The molecule has 2 rings (SSSR count). The molecule has 98 valence electrons. The fraction of sp³-hybridized carbons (Fsp3) is 0.500. The molecule has 0 radical (unpaired) electrons. The Kier molecular flexibility index (Phi) is 4.11. The van der Waals surface area contributed by atoms with Gasteiger partial charge >= 0.3 is 5.97 Å². The number of carboxylic acid groups (broad SMARTS) is 1. The molecule has 0 spiro atoms. The molecule has 1 aliphatic heterocycles. The highest BCUT2D eigenvalue weighted by atomic mass is 16.5. The molecular formula is C12H16N2O4. The molecule has 0 bridgehead atoms. The summed E-state index contributed by atoms with van der Waals surface area (Å²) in [5, 5.41) is 8.92. The van der Waals surface area contributed by atoms with Gasteiger partial charge in [0.1, 0.15) is 0 Å². The Labute approximate surface area is 105 Å². The van der Waals surface area contributed by atoms with Crippen molar-refractivity contribution in [2.75, 3.05) is 26.8 Å². The van der Waals surface area contributed by atoms with Crippen LogP contribution in [0.3, 0.4) is 0 Å². The summed E-state index contributed by atoms with van der Waals surface area (Å²) < 4.78 is 10.2. The van der Waals surface area contributed by atoms with Crippen molar-refractivity contribution >= 4 is 5.97 Å². The average Bonchev–Trinajstić information content (AvgIpc) is 2.39. The van der Waals surface area contributed by atoms with Gasteiger partial charge in [0.2, 0.25) is 5.88 Å². The minimum absolute atomic E-state index is 0.383. The molecule has 1 saturated heterocycles. The van der Waals surface area contributed by atoms with E-state index in [1.807, 2.05) is 17.0 Å². The molecule has 1 aromatic rings. The lowest BCUT2D eigenvalue weighted by molar-refractivity contribution is -0.156. The maximum absolute atomic E-state index is 10.9. The second-order valence-corrected chi connectivity index (χ2v) is 4.10. The number of carboxylic acids is 1. The molecule has 1 fully saturated rings. The van der Waals surface area contributed by atoms with Crippen LogP contribution in [0.1, 0.15) is 5.69 Å². The highest BCUT2D eigenvalue weighted by Gasteiger charge is 2.26. The van der Waals surface area contributed by atoms with Crippen molar-refractivity contribution in [3.63, 3.8) is 0 Å². The molecule has 1 atom stereocenters. The topological polar surface area (TPSA) is 71.9 Å². The number of carbonyl (C=O) groups is 1. The van der Waals surface area contributed by atoms with Gasteiger partial charge in [0.05, 0.1) is 19.4 Å². The van der Waals surface area contributed by atoms with Crippen LogP contribution in [0.2, 0.25) is 0 Å². The lowest BCUT2D eigenvalue weighted by Crippen LogP contribution is -2.45. The predicted octanol–water partition coefficient (Wildman–Crippen LogP) is 0.376. The summed E-state index contributed by atoms with van der Waals surface area (Å²) in [7, 11) is 1.57. The Balaban J connectivity index is 1.97. The zero-order valence-corrected chi connectivity index (χ0v) is 10.2. The summed E-state index contributed by atoms with van der Waals surface area (Å²) in [4.78, 5) is 17.2. The third-order valence-corrected chi connectivity index (χ3v) is 2.80. The minimum Gasteiger partial charge on any atom is -0.481 e. The van der Waals surface area contributed by atoms with Crippen molar-refractivity contribution < 1.29 is 19.4 Å². The SMILES string of the molecule is COc1cccc(CN2CCOC(C(=O)O)C2)n1. The highest BCUT2D eigenvalue weighted by Crippen LogP contribution is 2.12. The van der Waals surface area contributed by atoms with Gasteiger partial charge in [-0.25, -0.2) is 9.78 Å². The molecule has 6 nitrogen and oxygen atoms in total. The molecule has 1 aliphatic rings. The minimum atomic E-state index is -0.918. The van der Waals surface area contributed by atoms with Crippen molar-refractivity contribution in [1.82, 2.24) is 9.88 Å². The number of ether oxygens (including phenoxy) is 2. The highest BCUT2D eigenvalue weighted by molar-refractivity contribution is 5.72. The largest absolute Gasteiger partial charge is 0.481 e. The number of pyridine rings is 1. The van der Waals surface area contributed by atoms with Crippen LogP contribution in [-0.4, -0.2) is 53.9 Å². The van der Waals surface area contributed by atoms with E-state index in [0.717, 1.165) is 5.69 Å². The number of hydrogen-bond acceptors (Lipinski definition) is 5. The van der Waals surface area contributed by atoms with Crippen LogP contribution >= 0.6 is 0 Å². The van der Waals surface area contributed by atoms with Crippen molar-refractivity contribution in [2.45, 2.75) is 12.6 Å². The quantitative estimate of drug-likeness (QED) is 0.835. The van der Waals surface area contributed by atoms with Crippen molar-refractivity contribution in [1.29, 1.82) is 0 Å². The number of rotatable bonds is 4. The molecule has 0 amide bonds. The van der Waals surface area contributed by atoms with Gasteiger partial charge in [0.25, 0.3) is 0 Å². The smallest absolute Gasteiger partial charge is 0.334 e. The maximum Gasteiger partial charge on any atom is 0.334 e. The van der Waals surface area contributed by atoms with E-state index < -0.39 is 12.1 Å². The third kappa shape index (κ3) is 3.18. The van der Waals surface area contributed by atoms with E-state index in [9.17, 15) is 4.79 Å². The van der Waals surface area contributed by atoms with Crippen molar-refractivity contribution in [3.05, 3.63) is 23.9 Å². The van der Waals surface area contributed by atoms with Crippen LogP contribution in [0.5, 0.6) is 5.88 Å². The normalized spacial score (nSPS) is 20.6. The van der Waals surface area contributed by atoms with Crippen molar-refractivity contribution in [2.24, 2.45) is 0 Å². The van der Waals surface area contributed by atoms with Gasteiger partial charge in [-0.2, -0.15) is 0 Å². The second-order valence-electron chi connectivity index (χ2n) is 4.10. The van der Waals surface area contributed by atoms with Gasteiger partial charge in [-0.1, -0.05) is 6.07 Å². The molecule has 1 aromatic heterocycles. The van der Waals surface area contributed by atoms with E-state index in [0.29, 0.717) is 32.1 Å². The Morgan fingerprint density at radius 1 is 1.67 bits per heavy atom. The molecule has 18 heavy (non-hydrogen) atoms. The maximum atomic E-state index is 10.9. The lowest BCUT2D eigenvalue weighted by Gasteiger charge is -2.30. The number of aliphatic carboxylic acids is 1. The number of hydrogen-bond donors (Lipinski definition) is 1. The van der Waals surface area contributed by atoms with E-state index >= 15 is 0 Å². The standard InChI is InChI=1S/C12H16N2O4/c1-17-11-4-2-3-9(13-11)7-14-5-6-18-10(8-14)12(15)16/h2-4,10H,5-8H2,1H3,(H,15,16). The van der Waals surface area contributed by atoms with Crippen molar-refractivity contribution in [3.8, 4) is 5.88 Å². The first-order valence-electron chi connectivity index (χ1n) is 5.75. The Morgan fingerprint density at radius 3 is 3.22 bits per heavy atom. The first kappa shape index (κ1) is 12.8. The van der Waals surface area contributed by atoms with Gasteiger partial charge in [-0.15, -0.1) is 0 Å². The Morgan fingerprint density at radius 2 is 2.50 bits per heavy atom. The summed E-state index contributed by atoms with van der Waals surface area (Å²) in [5.74, 6) is -0.353. The summed E-state index contributed by atoms with van der Waals surface area (Å²) in [6.45, 7) is 2.13. The summed E-state index contributed by atoms with van der Waals surface area (Å²) in [5.41, 5.74) is 0.861. The van der Waals surface area contributed by atoms with Crippen LogP contribution in [-0.2, 0) is 16.1 Å². The zero-order chi connectivity index (χ0) is 13.0. The molecule has 0 saturated carbocycles. The zero-order valence-electron chi connectivity index (χ0n) is 10.2. The molecule has 1 unspecified atom stereocenters. The third-order valence-electron chi connectivity index (χ3n) is 2.80. The monoisotopic (exact) mass is 252 g/mol. The summed E-state index contributed by atoms with van der Waals surface area (Å²) in [6.07, 6.45) is -0.746. The first-order chi connectivity index (χ1) is 8.69. The number of methoxy groups -OCH3 is 1. The molecule has 6 heteroatoms. The molecule has 1 N–H and O–H groups in total. The molecular weight excluding hydrogens is 236 g/mol. The second kappa shape index (κ2) is 5.79. The Bertz CT molecular complexity index is 424. The van der Waals surface area contributed by atoms with E-state index in [2.05, 4.69) is 4.98 Å². The molecule has 2 heterocycles. The van der Waals surface area contributed by atoms with Gasteiger partial charge in [0, 0.05) is 25.7 Å². The van der Waals surface area contributed by atoms with Gasteiger partial charge in [-0.3, -0.25) is 4.90 Å². The predicted molar refractivity (Wildman–Crippen MR) is 63.4 cm³/mol. The first-order valence-corrected chi connectivity index (χ1v) is 5.75. The fourth-order valence-electron chi connectivity index (χ4n) is 1.88. The average molecular weight is 252 g/mol. The number of morpholine rings is 1.